The van der Waals surface area contributed by atoms with Crippen molar-refractivity contribution in [3.8, 4) is 0 Å². The molecule has 5 nitrogen and oxygen atoms in total. The molecule has 124 valence electrons. The summed E-state index contributed by atoms with van der Waals surface area (Å²) < 4.78 is 29.8. The average Bonchev–Trinajstić information content (AvgIpc) is 2.92. The maximum absolute atomic E-state index is 12.6. The average molecular weight is 336 g/mol. The van der Waals surface area contributed by atoms with Crippen molar-refractivity contribution < 1.29 is 8.42 Å². The Kier molecular flexibility index (Phi) is 6.80. The van der Waals surface area contributed by atoms with Gasteiger partial charge in [-0.05, 0) is 50.9 Å². The highest BCUT2D eigenvalue weighted by atomic mass is 32.2. The normalized spacial score (nSPS) is 31.6. The van der Waals surface area contributed by atoms with Crippen LogP contribution in [0.3, 0.4) is 0 Å². The monoisotopic (exact) mass is 335 g/mol. The van der Waals surface area contributed by atoms with Crippen molar-refractivity contribution in [1.29, 1.82) is 0 Å². The third-order valence-electron chi connectivity index (χ3n) is 4.56. The summed E-state index contributed by atoms with van der Waals surface area (Å²) in [5.41, 5.74) is 0. The minimum atomic E-state index is -3.33. The summed E-state index contributed by atoms with van der Waals surface area (Å²) >= 11 is 1.78. The van der Waals surface area contributed by atoms with Gasteiger partial charge in [0.15, 0.2) is 0 Å². The maximum Gasteiger partial charge on any atom is 0.279 e. The molecule has 7 heteroatoms. The molecule has 1 saturated heterocycles. The van der Waals surface area contributed by atoms with Gasteiger partial charge in [0, 0.05) is 24.4 Å². The van der Waals surface area contributed by atoms with Crippen LogP contribution in [-0.2, 0) is 10.2 Å². The Balaban J connectivity index is 1.92. The Morgan fingerprint density at radius 1 is 1.24 bits per heavy atom. The molecular weight excluding hydrogens is 306 g/mol. The topological polar surface area (TPSA) is 61.4 Å². The standard InChI is InChI=1S/C14H29N3O2S2/c1-3-15-10-12-6-5-9-17(11-12)21(18,19)16-13-7-4-8-14(13)20-2/h12-16H,3-11H2,1-2H3. The highest BCUT2D eigenvalue weighted by molar-refractivity contribution is 7.99. The molecule has 2 fully saturated rings. The van der Waals surface area contributed by atoms with Gasteiger partial charge in [0.2, 0.25) is 0 Å². The summed E-state index contributed by atoms with van der Waals surface area (Å²) in [5.74, 6) is 0.440. The summed E-state index contributed by atoms with van der Waals surface area (Å²) in [6.07, 6.45) is 7.38. The molecule has 2 rings (SSSR count). The van der Waals surface area contributed by atoms with Gasteiger partial charge in [-0.2, -0.15) is 29.2 Å². The fourth-order valence-corrected chi connectivity index (χ4v) is 5.98. The van der Waals surface area contributed by atoms with Gasteiger partial charge in [0.25, 0.3) is 10.2 Å². The minimum Gasteiger partial charge on any atom is -0.317 e. The van der Waals surface area contributed by atoms with Gasteiger partial charge in [0.1, 0.15) is 0 Å². The zero-order chi connectivity index (χ0) is 15.3. The Bertz CT molecular complexity index is 416. The Morgan fingerprint density at radius 2 is 2.05 bits per heavy atom. The van der Waals surface area contributed by atoms with E-state index in [4.69, 9.17) is 0 Å². The highest BCUT2D eigenvalue weighted by Crippen LogP contribution is 2.29. The second kappa shape index (κ2) is 8.15. The summed E-state index contributed by atoms with van der Waals surface area (Å²) in [6, 6.07) is 0.110. The Morgan fingerprint density at radius 3 is 2.76 bits per heavy atom. The first-order valence-corrected chi connectivity index (χ1v) is 10.8. The molecule has 2 N–H and O–H groups in total. The van der Waals surface area contributed by atoms with E-state index in [2.05, 4.69) is 23.2 Å². The van der Waals surface area contributed by atoms with Crippen molar-refractivity contribution in [2.45, 2.75) is 50.3 Å². The summed E-state index contributed by atoms with van der Waals surface area (Å²) in [6.45, 7) is 5.26. The van der Waals surface area contributed by atoms with Crippen LogP contribution >= 0.6 is 11.8 Å². The third-order valence-corrected chi connectivity index (χ3v) is 7.34. The fourth-order valence-electron chi connectivity index (χ4n) is 3.37. The molecule has 0 spiro atoms. The van der Waals surface area contributed by atoms with E-state index in [0.29, 0.717) is 24.3 Å². The van der Waals surface area contributed by atoms with Crippen LogP contribution in [0.5, 0.6) is 0 Å². The van der Waals surface area contributed by atoms with Crippen LogP contribution < -0.4 is 10.0 Å². The first kappa shape index (κ1) is 17.5. The van der Waals surface area contributed by atoms with Crippen LogP contribution in [0.2, 0.25) is 0 Å². The predicted octanol–water partition coefficient (Wildman–Crippen LogP) is 1.43. The van der Waals surface area contributed by atoms with Gasteiger partial charge in [0.05, 0.1) is 0 Å². The number of hydrogen-bond donors (Lipinski definition) is 2. The van der Waals surface area contributed by atoms with Crippen LogP contribution in [0.4, 0.5) is 0 Å². The zero-order valence-electron chi connectivity index (χ0n) is 13.2. The molecule has 21 heavy (non-hydrogen) atoms. The van der Waals surface area contributed by atoms with Crippen LogP contribution in [0.1, 0.15) is 39.0 Å². The van der Waals surface area contributed by atoms with E-state index >= 15 is 0 Å². The fraction of sp³-hybridized carbons (Fsp3) is 1.00. The zero-order valence-corrected chi connectivity index (χ0v) is 14.8. The van der Waals surface area contributed by atoms with Gasteiger partial charge >= 0.3 is 0 Å². The lowest BCUT2D eigenvalue weighted by Crippen LogP contribution is -2.51. The smallest absolute Gasteiger partial charge is 0.279 e. The molecule has 1 aliphatic carbocycles. The number of hydrogen-bond acceptors (Lipinski definition) is 4. The van der Waals surface area contributed by atoms with E-state index in [1.807, 2.05) is 0 Å². The summed E-state index contributed by atoms with van der Waals surface area (Å²) in [4.78, 5) is 0. The Hall–Kier alpha value is 0.180. The van der Waals surface area contributed by atoms with Crippen molar-refractivity contribution in [1.82, 2.24) is 14.3 Å². The molecule has 1 saturated carbocycles. The molecule has 0 aromatic rings. The second-order valence-corrected chi connectivity index (χ2v) is 8.89. The lowest BCUT2D eigenvalue weighted by atomic mass is 10.00. The van der Waals surface area contributed by atoms with E-state index < -0.39 is 10.2 Å². The van der Waals surface area contributed by atoms with Gasteiger partial charge in [-0.1, -0.05) is 13.3 Å². The molecule has 3 unspecified atom stereocenters. The number of nitrogens with one attached hydrogen (secondary N) is 2. The van der Waals surface area contributed by atoms with Gasteiger partial charge < -0.3 is 5.32 Å². The highest BCUT2D eigenvalue weighted by Gasteiger charge is 2.34. The molecule has 0 amide bonds. The molecule has 0 aromatic carbocycles. The van der Waals surface area contributed by atoms with Crippen molar-refractivity contribution in [2.75, 3.05) is 32.4 Å². The quantitative estimate of drug-likeness (QED) is 0.739. The summed E-state index contributed by atoms with van der Waals surface area (Å²) in [7, 11) is -3.33. The van der Waals surface area contributed by atoms with Crippen LogP contribution in [0.25, 0.3) is 0 Å². The van der Waals surface area contributed by atoms with E-state index in [9.17, 15) is 8.42 Å². The lowest BCUT2D eigenvalue weighted by molar-refractivity contribution is 0.257. The number of rotatable bonds is 7. The second-order valence-electron chi connectivity index (χ2n) is 6.11. The number of piperidine rings is 1. The van der Waals surface area contributed by atoms with Crippen molar-refractivity contribution in [2.24, 2.45) is 5.92 Å². The predicted molar refractivity (Wildman–Crippen MR) is 89.8 cm³/mol. The van der Waals surface area contributed by atoms with E-state index in [0.717, 1.165) is 45.2 Å². The minimum absolute atomic E-state index is 0.110. The van der Waals surface area contributed by atoms with E-state index in [1.54, 1.807) is 16.1 Å². The molecule has 0 radical (unpaired) electrons. The molecule has 0 aromatic heterocycles. The van der Waals surface area contributed by atoms with E-state index in [-0.39, 0.29) is 6.04 Å². The number of nitrogens with zero attached hydrogens (tertiary/aromatic N) is 1. The first-order chi connectivity index (χ1) is 10.1. The van der Waals surface area contributed by atoms with Crippen molar-refractivity contribution in [3.05, 3.63) is 0 Å². The maximum atomic E-state index is 12.6. The van der Waals surface area contributed by atoms with Crippen molar-refractivity contribution >= 4 is 22.0 Å². The molecule has 3 atom stereocenters. The van der Waals surface area contributed by atoms with E-state index in [1.165, 1.54) is 0 Å². The molecule has 0 bridgehead atoms. The number of thioether (sulfide) groups is 1. The molecular formula is C14H29N3O2S2. The van der Waals surface area contributed by atoms with Gasteiger partial charge in [-0.15, -0.1) is 0 Å². The van der Waals surface area contributed by atoms with Crippen LogP contribution in [0.15, 0.2) is 0 Å². The van der Waals surface area contributed by atoms with Gasteiger partial charge in [-0.3, -0.25) is 0 Å². The largest absolute Gasteiger partial charge is 0.317 e. The van der Waals surface area contributed by atoms with Crippen LogP contribution in [0, 0.1) is 5.92 Å². The Labute approximate surface area is 133 Å². The van der Waals surface area contributed by atoms with Crippen molar-refractivity contribution in [3.63, 3.8) is 0 Å². The summed E-state index contributed by atoms with van der Waals surface area (Å²) in [5, 5.41) is 3.77. The lowest BCUT2D eigenvalue weighted by Gasteiger charge is -2.33. The molecule has 2 aliphatic rings. The van der Waals surface area contributed by atoms with Gasteiger partial charge in [-0.25, -0.2) is 0 Å². The molecule has 1 aliphatic heterocycles. The molecule has 1 heterocycles. The first-order valence-electron chi connectivity index (χ1n) is 8.07. The van der Waals surface area contributed by atoms with Crippen LogP contribution in [-0.4, -0.2) is 56.4 Å². The third kappa shape index (κ3) is 4.82. The SMILES string of the molecule is CCNCC1CCCN(S(=O)(=O)NC2CCCC2SC)C1.